The van der Waals surface area contributed by atoms with Crippen LogP contribution in [-0.4, -0.2) is 23.6 Å². The number of anilines is 1. The summed E-state index contributed by atoms with van der Waals surface area (Å²) < 4.78 is 13.4. The summed E-state index contributed by atoms with van der Waals surface area (Å²) in [6, 6.07) is 2.78. The fraction of sp³-hybridized carbons (Fsp3) is 0.643. The van der Waals surface area contributed by atoms with Crippen LogP contribution in [0.15, 0.2) is 12.3 Å². The summed E-state index contributed by atoms with van der Waals surface area (Å²) in [6.45, 7) is 3.99. The van der Waals surface area contributed by atoms with E-state index in [0.717, 1.165) is 24.5 Å². The minimum atomic E-state index is -0.238. The number of hydrogen-bond acceptors (Lipinski definition) is 3. The molecule has 1 unspecified atom stereocenters. The minimum absolute atomic E-state index is 0.238. The molecule has 1 aliphatic carbocycles. The number of nitrogens with zero attached hydrogens (tertiary/aromatic N) is 2. The lowest BCUT2D eigenvalue weighted by atomic mass is 10.2. The van der Waals surface area contributed by atoms with Crippen molar-refractivity contribution in [2.24, 2.45) is 0 Å². The maximum Gasteiger partial charge on any atom is 0.141 e. The molecule has 0 radical (unpaired) electrons. The smallest absolute Gasteiger partial charge is 0.141 e. The van der Waals surface area contributed by atoms with Crippen molar-refractivity contribution in [2.75, 3.05) is 11.4 Å². The van der Waals surface area contributed by atoms with Crippen molar-refractivity contribution >= 4 is 5.82 Å². The number of pyridine rings is 1. The van der Waals surface area contributed by atoms with Crippen molar-refractivity contribution in [3.63, 3.8) is 0 Å². The molecule has 2 fully saturated rings. The Bertz CT molecular complexity index is 431. The van der Waals surface area contributed by atoms with Gasteiger partial charge in [-0.25, -0.2) is 9.37 Å². The third-order valence-corrected chi connectivity index (χ3v) is 3.89. The summed E-state index contributed by atoms with van der Waals surface area (Å²) in [6.07, 6.45) is 6.24. The summed E-state index contributed by atoms with van der Waals surface area (Å²) in [5, 5.41) is 3.45. The van der Waals surface area contributed by atoms with Crippen molar-refractivity contribution in [1.82, 2.24) is 10.3 Å². The SMILES string of the molecule is CC1CCCN1c1ncc(F)cc1CNC1CC1. The van der Waals surface area contributed by atoms with E-state index in [9.17, 15) is 4.39 Å². The molecule has 1 aromatic rings. The van der Waals surface area contributed by atoms with Gasteiger partial charge in [0.1, 0.15) is 11.6 Å². The highest BCUT2D eigenvalue weighted by Crippen LogP contribution is 2.28. The summed E-state index contributed by atoms with van der Waals surface area (Å²) in [5.41, 5.74) is 0.996. The fourth-order valence-electron chi connectivity index (χ4n) is 2.65. The third-order valence-electron chi connectivity index (χ3n) is 3.89. The zero-order valence-corrected chi connectivity index (χ0v) is 10.8. The average Bonchev–Trinajstić information content (AvgIpc) is 3.09. The fourth-order valence-corrected chi connectivity index (χ4v) is 2.65. The molecule has 3 nitrogen and oxygen atoms in total. The van der Waals surface area contributed by atoms with Gasteiger partial charge in [-0.15, -0.1) is 0 Å². The average molecular weight is 249 g/mol. The first kappa shape index (κ1) is 11.9. The van der Waals surface area contributed by atoms with Crippen molar-refractivity contribution < 1.29 is 4.39 Å². The van der Waals surface area contributed by atoms with Crippen molar-refractivity contribution in [1.29, 1.82) is 0 Å². The van der Waals surface area contributed by atoms with Gasteiger partial charge in [0.2, 0.25) is 0 Å². The van der Waals surface area contributed by atoms with Gasteiger partial charge < -0.3 is 10.2 Å². The Labute approximate surface area is 107 Å². The predicted octanol–water partition coefficient (Wildman–Crippen LogP) is 2.46. The normalized spacial score (nSPS) is 23.7. The van der Waals surface area contributed by atoms with E-state index in [4.69, 9.17) is 0 Å². The highest BCUT2D eigenvalue weighted by Gasteiger charge is 2.25. The van der Waals surface area contributed by atoms with Crippen LogP contribution in [0.1, 0.15) is 38.2 Å². The predicted molar refractivity (Wildman–Crippen MR) is 70.1 cm³/mol. The van der Waals surface area contributed by atoms with Gasteiger partial charge in [0.05, 0.1) is 6.20 Å². The molecule has 18 heavy (non-hydrogen) atoms. The molecule has 98 valence electrons. The Morgan fingerprint density at radius 3 is 2.94 bits per heavy atom. The standard InChI is InChI=1S/C14H20FN3/c1-10-3-2-6-18(10)14-11(7-12(15)9-17-14)8-16-13-4-5-13/h7,9-10,13,16H,2-6,8H2,1H3. The molecule has 0 bridgehead atoms. The first-order chi connectivity index (χ1) is 8.74. The Morgan fingerprint density at radius 1 is 1.44 bits per heavy atom. The van der Waals surface area contributed by atoms with Crippen molar-refractivity contribution in [2.45, 2.75) is 51.2 Å². The van der Waals surface area contributed by atoms with E-state index in [1.165, 1.54) is 31.9 Å². The zero-order chi connectivity index (χ0) is 12.5. The Hall–Kier alpha value is -1.16. The van der Waals surface area contributed by atoms with Gasteiger partial charge in [-0.2, -0.15) is 0 Å². The monoisotopic (exact) mass is 249 g/mol. The van der Waals surface area contributed by atoms with E-state index in [2.05, 4.69) is 22.1 Å². The van der Waals surface area contributed by atoms with E-state index in [1.807, 2.05) is 0 Å². The molecule has 1 saturated heterocycles. The molecule has 2 heterocycles. The lowest BCUT2D eigenvalue weighted by Crippen LogP contribution is -2.29. The quantitative estimate of drug-likeness (QED) is 0.888. The van der Waals surface area contributed by atoms with Crippen LogP contribution in [0, 0.1) is 5.82 Å². The summed E-state index contributed by atoms with van der Waals surface area (Å²) in [7, 11) is 0. The Morgan fingerprint density at radius 2 is 2.28 bits per heavy atom. The lowest BCUT2D eigenvalue weighted by Gasteiger charge is -2.25. The van der Waals surface area contributed by atoms with Gasteiger partial charge in [-0.05, 0) is 38.7 Å². The Kier molecular flexibility index (Phi) is 3.20. The third kappa shape index (κ3) is 2.48. The van der Waals surface area contributed by atoms with Crippen LogP contribution in [0.2, 0.25) is 0 Å². The van der Waals surface area contributed by atoms with E-state index in [0.29, 0.717) is 12.1 Å². The van der Waals surface area contributed by atoms with E-state index < -0.39 is 0 Å². The Balaban J connectivity index is 1.81. The molecule has 0 amide bonds. The number of halogens is 1. The molecule has 2 aliphatic rings. The molecule has 4 heteroatoms. The van der Waals surface area contributed by atoms with E-state index in [-0.39, 0.29) is 5.82 Å². The molecule has 1 aromatic heterocycles. The summed E-state index contributed by atoms with van der Waals surface area (Å²) in [5.74, 6) is 0.729. The number of hydrogen-bond donors (Lipinski definition) is 1. The summed E-state index contributed by atoms with van der Waals surface area (Å²) >= 11 is 0. The van der Waals surface area contributed by atoms with Crippen LogP contribution >= 0.6 is 0 Å². The van der Waals surface area contributed by atoms with Crippen LogP contribution in [-0.2, 0) is 6.54 Å². The zero-order valence-electron chi connectivity index (χ0n) is 10.8. The number of rotatable bonds is 4. The van der Waals surface area contributed by atoms with Crippen molar-refractivity contribution in [3.8, 4) is 0 Å². The first-order valence-electron chi connectivity index (χ1n) is 6.88. The molecule has 1 saturated carbocycles. The van der Waals surface area contributed by atoms with Crippen LogP contribution in [0.4, 0.5) is 10.2 Å². The van der Waals surface area contributed by atoms with Crippen molar-refractivity contribution in [3.05, 3.63) is 23.6 Å². The van der Waals surface area contributed by atoms with Gasteiger partial charge in [0.15, 0.2) is 0 Å². The second kappa shape index (κ2) is 4.84. The molecule has 3 rings (SSSR count). The molecule has 0 spiro atoms. The number of aromatic nitrogens is 1. The van der Waals surface area contributed by atoms with Crippen LogP contribution in [0.5, 0.6) is 0 Å². The van der Waals surface area contributed by atoms with Gasteiger partial charge >= 0.3 is 0 Å². The number of nitrogens with one attached hydrogen (secondary N) is 1. The van der Waals surface area contributed by atoms with E-state index >= 15 is 0 Å². The molecule has 1 atom stereocenters. The summed E-state index contributed by atoms with van der Waals surface area (Å²) in [4.78, 5) is 6.63. The van der Waals surface area contributed by atoms with Gasteiger partial charge in [-0.1, -0.05) is 0 Å². The molecular formula is C14H20FN3. The molecule has 1 N–H and O–H groups in total. The molecular weight excluding hydrogens is 229 g/mol. The minimum Gasteiger partial charge on any atom is -0.354 e. The van der Waals surface area contributed by atoms with Crippen LogP contribution in [0.25, 0.3) is 0 Å². The second-order valence-electron chi connectivity index (χ2n) is 5.48. The first-order valence-corrected chi connectivity index (χ1v) is 6.88. The maximum absolute atomic E-state index is 13.4. The lowest BCUT2D eigenvalue weighted by molar-refractivity contribution is 0.608. The topological polar surface area (TPSA) is 28.2 Å². The van der Waals surface area contributed by atoms with E-state index in [1.54, 1.807) is 6.07 Å². The maximum atomic E-state index is 13.4. The molecule has 1 aliphatic heterocycles. The highest BCUT2D eigenvalue weighted by molar-refractivity contribution is 5.48. The van der Waals surface area contributed by atoms with Crippen LogP contribution < -0.4 is 10.2 Å². The van der Waals surface area contributed by atoms with Gasteiger partial charge in [0.25, 0.3) is 0 Å². The van der Waals surface area contributed by atoms with Gasteiger partial charge in [0, 0.05) is 30.7 Å². The highest BCUT2D eigenvalue weighted by atomic mass is 19.1. The second-order valence-corrected chi connectivity index (χ2v) is 5.48. The van der Waals surface area contributed by atoms with Crippen LogP contribution in [0.3, 0.4) is 0 Å². The largest absolute Gasteiger partial charge is 0.354 e. The molecule has 0 aromatic carbocycles. The van der Waals surface area contributed by atoms with Gasteiger partial charge in [-0.3, -0.25) is 0 Å².